The van der Waals surface area contributed by atoms with Gasteiger partial charge in [0.2, 0.25) is 15.9 Å². The number of benzene rings is 1. The average Bonchev–Trinajstić information content (AvgIpc) is 3.12. The van der Waals surface area contributed by atoms with Crippen molar-refractivity contribution in [3.05, 3.63) is 29.8 Å². The zero-order valence-electron chi connectivity index (χ0n) is 14.3. The van der Waals surface area contributed by atoms with Crippen molar-refractivity contribution < 1.29 is 32.6 Å². The molecule has 10 nitrogen and oxygen atoms in total. The highest BCUT2D eigenvalue weighted by Gasteiger charge is 2.44. The Bertz CT molecular complexity index is 861. The molecule has 2 fully saturated rings. The summed E-state index contributed by atoms with van der Waals surface area (Å²) in [6.45, 7) is 0.242. The fourth-order valence-electron chi connectivity index (χ4n) is 2.92. The number of hydrogen-bond donors (Lipinski definition) is 3. The Hall–Kier alpha value is -2.50. The Kier molecular flexibility index (Phi) is 5.18. The number of nitrogens with zero attached hydrogens (tertiary/aromatic N) is 1. The first-order valence-corrected chi connectivity index (χ1v) is 9.69. The molecule has 0 aromatic heterocycles. The second-order valence-electron chi connectivity index (χ2n) is 6.36. The summed E-state index contributed by atoms with van der Waals surface area (Å²) in [5, 5.41) is 14.4. The van der Waals surface area contributed by atoms with Crippen LogP contribution >= 0.6 is 0 Å². The third kappa shape index (κ3) is 3.80. The standard InChI is InChI=1S/C16H19N3O7S/c20-13-9-19(7-6-17-13)27(24,25)12-3-1-11(2-4-12)14(21)18-16(15(22)23)5-8-26-10-16/h1-4H,5-10H2,(H,17,20)(H,18,21)(H,22,23). The highest BCUT2D eigenvalue weighted by molar-refractivity contribution is 7.89. The SMILES string of the molecule is O=C1CN(S(=O)(=O)c2ccc(C(=O)NC3(C(=O)O)CCOC3)cc2)CCN1. The minimum absolute atomic E-state index is 0.0501. The van der Waals surface area contributed by atoms with Crippen LogP contribution < -0.4 is 10.6 Å². The largest absolute Gasteiger partial charge is 0.479 e. The van der Waals surface area contributed by atoms with E-state index in [1.807, 2.05) is 0 Å². The van der Waals surface area contributed by atoms with Crippen LogP contribution in [0.25, 0.3) is 0 Å². The lowest BCUT2D eigenvalue weighted by atomic mass is 9.98. The van der Waals surface area contributed by atoms with Crippen LogP contribution in [0.1, 0.15) is 16.8 Å². The second-order valence-corrected chi connectivity index (χ2v) is 8.29. The van der Waals surface area contributed by atoms with E-state index in [9.17, 15) is 27.9 Å². The van der Waals surface area contributed by atoms with Crippen LogP contribution in [0.3, 0.4) is 0 Å². The number of carboxylic acid groups (broad SMARTS) is 1. The number of ether oxygens (including phenoxy) is 1. The molecule has 0 spiro atoms. The van der Waals surface area contributed by atoms with Gasteiger partial charge in [-0.05, 0) is 24.3 Å². The molecule has 0 radical (unpaired) electrons. The fraction of sp³-hybridized carbons (Fsp3) is 0.438. The number of aliphatic carboxylic acids is 1. The highest BCUT2D eigenvalue weighted by atomic mass is 32.2. The van der Waals surface area contributed by atoms with E-state index in [-0.39, 0.29) is 55.6 Å². The molecule has 27 heavy (non-hydrogen) atoms. The first-order valence-electron chi connectivity index (χ1n) is 8.25. The number of hydrogen-bond acceptors (Lipinski definition) is 6. The van der Waals surface area contributed by atoms with Crippen LogP contribution in [0.4, 0.5) is 0 Å². The summed E-state index contributed by atoms with van der Waals surface area (Å²) in [4.78, 5) is 35.2. The maximum atomic E-state index is 12.6. The zero-order chi connectivity index (χ0) is 19.7. The Morgan fingerprint density at radius 3 is 2.52 bits per heavy atom. The van der Waals surface area contributed by atoms with Gasteiger partial charge >= 0.3 is 5.97 Å². The highest BCUT2D eigenvalue weighted by Crippen LogP contribution is 2.21. The van der Waals surface area contributed by atoms with E-state index >= 15 is 0 Å². The lowest BCUT2D eigenvalue weighted by molar-refractivity contribution is -0.144. The lowest BCUT2D eigenvalue weighted by Crippen LogP contribution is -2.55. The Balaban J connectivity index is 1.75. The second kappa shape index (κ2) is 7.25. The molecule has 1 aromatic rings. The van der Waals surface area contributed by atoms with E-state index in [2.05, 4.69) is 10.6 Å². The van der Waals surface area contributed by atoms with Crippen molar-refractivity contribution in [2.24, 2.45) is 0 Å². The predicted octanol–water partition coefficient (Wildman–Crippen LogP) is -1.22. The van der Waals surface area contributed by atoms with Gasteiger partial charge < -0.3 is 20.5 Å². The summed E-state index contributed by atoms with van der Waals surface area (Å²) in [6, 6.07) is 5.12. The molecule has 1 unspecified atom stereocenters. The molecular weight excluding hydrogens is 378 g/mol. The van der Waals surface area contributed by atoms with Gasteiger partial charge in [-0.3, -0.25) is 9.59 Å². The maximum absolute atomic E-state index is 12.6. The van der Waals surface area contributed by atoms with Crippen molar-refractivity contribution in [2.45, 2.75) is 16.9 Å². The molecule has 2 amide bonds. The normalized spacial score (nSPS) is 23.6. The molecule has 2 saturated heterocycles. The van der Waals surface area contributed by atoms with E-state index in [0.29, 0.717) is 0 Å². The van der Waals surface area contributed by atoms with E-state index in [1.165, 1.54) is 24.3 Å². The quantitative estimate of drug-likeness (QED) is 0.565. The van der Waals surface area contributed by atoms with Gasteiger partial charge in [-0.2, -0.15) is 4.31 Å². The minimum Gasteiger partial charge on any atom is -0.479 e. The molecule has 1 aromatic carbocycles. The summed E-state index contributed by atoms with van der Waals surface area (Å²) in [7, 11) is -3.86. The fourth-order valence-corrected chi connectivity index (χ4v) is 4.32. The molecule has 2 aliphatic rings. The van der Waals surface area contributed by atoms with Gasteiger partial charge in [0, 0.05) is 31.7 Å². The Morgan fingerprint density at radius 2 is 1.96 bits per heavy atom. The Morgan fingerprint density at radius 1 is 1.26 bits per heavy atom. The molecule has 2 aliphatic heterocycles. The van der Waals surface area contributed by atoms with E-state index in [0.717, 1.165) is 4.31 Å². The molecule has 11 heteroatoms. The number of sulfonamides is 1. The van der Waals surface area contributed by atoms with Crippen LogP contribution in [-0.2, 0) is 24.3 Å². The summed E-state index contributed by atoms with van der Waals surface area (Å²) < 4.78 is 31.3. The van der Waals surface area contributed by atoms with Crippen molar-refractivity contribution in [1.82, 2.24) is 14.9 Å². The molecule has 0 bridgehead atoms. The van der Waals surface area contributed by atoms with Crippen LogP contribution in [0, 0.1) is 0 Å². The van der Waals surface area contributed by atoms with Gasteiger partial charge in [0.05, 0.1) is 18.0 Å². The van der Waals surface area contributed by atoms with Crippen LogP contribution in [0.5, 0.6) is 0 Å². The summed E-state index contributed by atoms with van der Waals surface area (Å²) in [5.41, 5.74) is -1.36. The van der Waals surface area contributed by atoms with Gasteiger partial charge in [-0.15, -0.1) is 0 Å². The summed E-state index contributed by atoms with van der Waals surface area (Å²) in [6.07, 6.45) is 0.150. The van der Waals surface area contributed by atoms with Crippen LogP contribution in [-0.4, -0.2) is 74.0 Å². The van der Waals surface area contributed by atoms with Crippen molar-refractivity contribution in [3.8, 4) is 0 Å². The number of rotatable bonds is 5. The van der Waals surface area contributed by atoms with Crippen molar-refractivity contribution in [1.29, 1.82) is 0 Å². The average molecular weight is 397 g/mol. The number of nitrogens with one attached hydrogen (secondary N) is 2. The molecule has 3 rings (SSSR count). The molecule has 1 atom stereocenters. The van der Waals surface area contributed by atoms with Crippen molar-refractivity contribution >= 4 is 27.8 Å². The minimum atomic E-state index is -3.86. The maximum Gasteiger partial charge on any atom is 0.331 e. The number of carbonyl (C=O) groups excluding carboxylic acids is 2. The predicted molar refractivity (Wildman–Crippen MR) is 91.5 cm³/mol. The van der Waals surface area contributed by atoms with E-state index in [4.69, 9.17) is 4.74 Å². The summed E-state index contributed by atoms with van der Waals surface area (Å²) >= 11 is 0. The van der Waals surface area contributed by atoms with Gasteiger partial charge in [-0.25, -0.2) is 13.2 Å². The third-order valence-electron chi connectivity index (χ3n) is 4.54. The van der Waals surface area contributed by atoms with Gasteiger partial charge in [0.25, 0.3) is 5.91 Å². The number of amides is 2. The number of carbonyl (C=O) groups is 3. The third-order valence-corrected chi connectivity index (χ3v) is 6.40. The smallest absolute Gasteiger partial charge is 0.331 e. The monoisotopic (exact) mass is 397 g/mol. The first kappa shape index (κ1) is 19.3. The molecule has 146 valence electrons. The molecule has 3 N–H and O–H groups in total. The molecule has 0 aliphatic carbocycles. The number of carboxylic acids is 1. The molecule has 0 saturated carbocycles. The van der Waals surface area contributed by atoms with Gasteiger partial charge in [0.1, 0.15) is 0 Å². The zero-order valence-corrected chi connectivity index (χ0v) is 15.1. The van der Waals surface area contributed by atoms with Gasteiger partial charge in [-0.1, -0.05) is 0 Å². The van der Waals surface area contributed by atoms with E-state index in [1.54, 1.807) is 0 Å². The van der Waals surface area contributed by atoms with Crippen LogP contribution in [0.15, 0.2) is 29.2 Å². The lowest BCUT2D eigenvalue weighted by Gasteiger charge is -2.26. The van der Waals surface area contributed by atoms with Gasteiger partial charge in [0.15, 0.2) is 5.54 Å². The molecular formula is C16H19N3O7S. The topological polar surface area (TPSA) is 142 Å². The number of piperazine rings is 1. The first-order chi connectivity index (χ1) is 12.7. The van der Waals surface area contributed by atoms with Crippen molar-refractivity contribution in [3.63, 3.8) is 0 Å². The summed E-state index contributed by atoms with van der Waals surface area (Å²) in [5.74, 6) is -2.20. The Labute approximate surface area is 155 Å². The van der Waals surface area contributed by atoms with E-state index < -0.39 is 27.4 Å². The van der Waals surface area contributed by atoms with Crippen LogP contribution in [0.2, 0.25) is 0 Å². The molecule has 2 heterocycles. The van der Waals surface area contributed by atoms with Crippen molar-refractivity contribution in [2.75, 3.05) is 32.8 Å².